The van der Waals surface area contributed by atoms with Crippen molar-refractivity contribution in [2.45, 2.75) is 44.4 Å². The van der Waals surface area contributed by atoms with Crippen molar-refractivity contribution in [1.82, 2.24) is 0 Å². The van der Waals surface area contributed by atoms with Crippen molar-refractivity contribution in [3.05, 3.63) is 29.6 Å². The monoisotopic (exact) mass is 316 g/mol. The van der Waals surface area contributed by atoms with E-state index in [0.29, 0.717) is 6.42 Å². The molecule has 0 heterocycles. The number of carboxylic acid groups (broad SMARTS) is 1. The minimum atomic E-state index is -3.83. The van der Waals surface area contributed by atoms with Crippen molar-refractivity contribution in [3.63, 3.8) is 0 Å². The Morgan fingerprint density at radius 2 is 2.00 bits per heavy atom. The Bertz CT molecular complexity index is 596. The molecule has 21 heavy (non-hydrogen) atoms. The number of carboxylic acids is 1. The van der Waals surface area contributed by atoms with Gasteiger partial charge >= 0.3 is 5.97 Å². The summed E-state index contributed by atoms with van der Waals surface area (Å²) >= 11 is 0. The number of sulfone groups is 1. The van der Waals surface area contributed by atoms with E-state index in [4.69, 9.17) is 5.11 Å². The minimum absolute atomic E-state index is 0.0390. The maximum absolute atomic E-state index is 13.8. The quantitative estimate of drug-likeness (QED) is 0.796. The second-order valence-corrected chi connectivity index (χ2v) is 7.15. The fourth-order valence-corrected chi connectivity index (χ4v) is 4.05. The van der Waals surface area contributed by atoms with Crippen molar-refractivity contribution in [1.29, 1.82) is 0 Å². The molecule has 0 saturated carbocycles. The van der Waals surface area contributed by atoms with Gasteiger partial charge in [0, 0.05) is 0 Å². The number of unbranched alkanes of at least 4 members (excludes halogenated alkanes) is 1. The molecule has 118 valence electrons. The first-order valence-electron chi connectivity index (χ1n) is 7.07. The van der Waals surface area contributed by atoms with E-state index in [-0.39, 0.29) is 17.2 Å². The van der Waals surface area contributed by atoms with Gasteiger partial charge in [0.05, 0.1) is 11.3 Å². The second kappa shape index (κ2) is 7.54. The molecule has 0 bridgehead atoms. The zero-order chi connectivity index (χ0) is 16.0. The normalized spacial score (nSPS) is 13.1. The summed E-state index contributed by atoms with van der Waals surface area (Å²) in [5.74, 6) is -2.36. The van der Waals surface area contributed by atoms with E-state index in [1.807, 2.05) is 13.8 Å². The first-order chi connectivity index (χ1) is 9.81. The van der Waals surface area contributed by atoms with Gasteiger partial charge in [-0.2, -0.15) is 0 Å². The highest BCUT2D eigenvalue weighted by atomic mass is 32.2. The van der Waals surface area contributed by atoms with Gasteiger partial charge in [0.25, 0.3) is 0 Å². The van der Waals surface area contributed by atoms with Gasteiger partial charge in [0.15, 0.2) is 9.84 Å². The number of hydrogen-bond acceptors (Lipinski definition) is 3. The summed E-state index contributed by atoms with van der Waals surface area (Å²) in [6.45, 7) is 3.93. The summed E-state index contributed by atoms with van der Waals surface area (Å²) < 4.78 is 38.4. The fourth-order valence-electron chi connectivity index (χ4n) is 2.17. The van der Waals surface area contributed by atoms with Crippen LogP contribution in [0.5, 0.6) is 0 Å². The van der Waals surface area contributed by atoms with Crippen LogP contribution in [0.25, 0.3) is 0 Å². The van der Waals surface area contributed by atoms with Gasteiger partial charge in [-0.15, -0.1) is 0 Å². The summed E-state index contributed by atoms with van der Waals surface area (Å²) in [6, 6.07) is 2.86. The Hall–Kier alpha value is -1.43. The molecule has 0 aromatic heterocycles. The smallest absolute Gasteiger partial charge is 0.335 e. The van der Waals surface area contributed by atoms with E-state index >= 15 is 0 Å². The lowest BCUT2D eigenvalue weighted by Gasteiger charge is -2.15. The Kier molecular flexibility index (Phi) is 6.33. The number of aromatic carboxylic acids is 1. The Balaban J connectivity index is 3.06. The van der Waals surface area contributed by atoms with Crippen LogP contribution in [0.1, 0.15) is 49.9 Å². The van der Waals surface area contributed by atoms with Crippen LogP contribution in [0.2, 0.25) is 0 Å². The van der Waals surface area contributed by atoms with Crippen LogP contribution in [0, 0.1) is 11.7 Å². The van der Waals surface area contributed by atoms with Crippen LogP contribution in [0.15, 0.2) is 23.1 Å². The summed E-state index contributed by atoms with van der Waals surface area (Å²) in [7, 11) is -3.83. The molecule has 0 amide bonds. The highest BCUT2D eigenvalue weighted by molar-refractivity contribution is 7.91. The standard InChI is InChI=1S/C15H21FO4S/c1-3-5-6-11(4-2)10-21(19,20)14-9-12(15(17)18)7-8-13(14)16/h7-9,11H,3-6,10H2,1-2H3,(H,17,18). The number of benzene rings is 1. The largest absolute Gasteiger partial charge is 0.478 e. The molecular weight excluding hydrogens is 295 g/mol. The summed E-state index contributed by atoms with van der Waals surface area (Å²) in [4.78, 5) is 10.4. The first kappa shape index (κ1) is 17.6. The van der Waals surface area contributed by atoms with Gasteiger partial charge in [-0.05, 0) is 30.5 Å². The number of hydrogen-bond donors (Lipinski definition) is 1. The van der Waals surface area contributed by atoms with Crippen LogP contribution in [0.4, 0.5) is 4.39 Å². The molecule has 4 nitrogen and oxygen atoms in total. The number of halogens is 1. The van der Waals surface area contributed by atoms with Crippen LogP contribution in [0.3, 0.4) is 0 Å². The maximum Gasteiger partial charge on any atom is 0.335 e. The van der Waals surface area contributed by atoms with Crippen molar-refractivity contribution in [2.75, 3.05) is 5.75 Å². The first-order valence-corrected chi connectivity index (χ1v) is 8.72. The zero-order valence-corrected chi connectivity index (χ0v) is 13.1. The van der Waals surface area contributed by atoms with Crippen molar-refractivity contribution >= 4 is 15.8 Å². The molecule has 0 aliphatic rings. The number of carbonyl (C=O) groups is 1. The Morgan fingerprint density at radius 3 is 2.52 bits per heavy atom. The van der Waals surface area contributed by atoms with Gasteiger partial charge in [-0.3, -0.25) is 0 Å². The average molecular weight is 316 g/mol. The van der Waals surface area contributed by atoms with Gasteiger partial charge in [-0.1, -0.05) is 33.1 Å². The topological polar surface area (TPSA) is 71.4 Å². The van der Waals surface area contributed by atoms with E-state index in [0.717, 1.165) is 37.5 Å². The van der Waals surface area contributed by atoms with Crippen LogP contribution >= 0.6 is 0 Å². The molecule has 0 saturated heterocycles. The second-order valence-electron chi connectivity index (χ2n) is 5.15. The molecule has 1 N–H and O–H groups in total. The number of rotatable bonds is 8. The SMILES string of the molecule is CCCCC(CC)CS(=O)(=O)c1cc(C(=O)O)ccc1F. The lowest BCUT2D eigenvalue weighted by Crippen LogP contribution is -2.18. The van der Waals surface area contributed by atoms with Crippen molar-refractivity contribution < 1.29 is 22.7 Å². The molecule has 0 aliphatic carbocycles. The molecule has 0 fully saturated rings. The van der Waals surface area contributed by atoms with E-state index in [1.54, 1.807) is 0 Å². The molecule has 0 spiro atoms. The average Bonchev–Trinajstić information content (AvgIpc) is 2.43. The van der Waals surface area contributed by atoms with E-state index in [9.17, 15) is 17.6 Å². The molecule has 1 unspecified atom stereocenters. The molecule has 1 aromatic rings. The Labute approximate surface area is 124 Å². The predicted octanol–water partition coefficient (Wildman–Crippen LogP) is 3.51. The third-order valence-corrected chi connectivity index (χ3v) is 5.40. The Morgan fingerprint density at radius 1 is 1.33 bits per heavy atom. The van der Waals surface area contributed by atoms with E-state index in [2.05, 4.69) is 0 Å². The predicted molar refractivity (Wildman–Crippen MR) is 78.7 cm³/mol. The molecule has 0 aliphatic heterocycles. The lowest BCUT2D eigenvalue weighted by molar-refractivity contribution is 0.0696. The molecule has 0 radical (unpaired) electrons. The molecule has 6 heteroatoms. The van der Waals surface area contributed by atoms with Crippen LogP contribution in [-0.4, -0.2) is 25.2 Å². The van der Waals surface area contributed by atoms with Gasteiger partial charge in [-0.25, -0.2) is 17.6 Å². The summed E-state index contributed by atoms with van der Waals surface area (Å²) in [5, 5.41) is 8.89. The maximum atomic E-state index is 13.8. The van der Waals surface area contributed by atoms with Gasteiger partial charge in [0.1, 0.15) is 10.7 Å². The summed E-state index contributed by atoms with van der Waals surface area (Å²) in [5.41, 5.74) is -0.225. The van der Waals surface area contributed by atoms with Crippen LogP contribution < -0.4 is 0 Å². The minimum Gasteiger partial charge on any atom is -0.478 e. The highest BCUT2D eigenvalue weighted by Gasteiger charge is 2.24. The molecular formula is C15H21FO4S. The molecule has 1 rings (SSSR count). The molecule has 1 aromatic carbocycles. The highest BCUT2D eigenvalue weighted by Crippen LogP contribution is 2.23. The van der Waals surface area contributed by atoms with Crippen LogP contribution in [-0.2, 0) is 9.84 Å². The van der Waals surface area contributed by atoms with Crippen molar-refractivity contribution in [3.8, 4) is 0 Å². The lowest BCUT2D eigenvalue weighted by atomic mass is 10.0. The summed E-state index contributed by atoms with van der Waals surface area (Å²) in [6.07, 6.45) is 3.36. The third-order valence-electron chi connectivity index (χ3n) is 3.51. The molecule has 1 atom stereocenters. The zero-order valence-electron chi connectivity index (χ0n) is 12.3. The van der Waals surface area contributed by atoms with Gasteiger partial charge in [0.2, 0.25) is 0 Å². The van der Waals surface area contributed by atoms with Gasteiger partial charge < -0.3 is 5.11 Å². The third kappa shape index (κ3) is 4.81. The van der Waals surface area contributed by atoms with E-state index < -0.39 is 26.5 Å². The van der Waals surface area contributed by atoms with Crippen molar-refractivity contribution in [2.24, 2.45) is 5.92 Å². The fraction of sp³-hybridized carbons (Fsp3) is 0.533. The van der Waals surface area contributed by atoms with E-state index in [1.165, 1.54) is 0 Å².